The van der Waals surface area contributed by atoms with Crippen molar-refractivity contribution in [3.05, 3.63) is 40.3 Å². The Morgan fingerprint density at radius 3 is 2.83 bits per heavy atom. The van der Waals surface area contributed by atoms with E-state index in [1.165, 1.54) is 22.6 Å². The Morgan fingerprint density at radius 2 is 2.03 bits per heavy atom. The van der Waals surface area contributed by atoms with Crippen molar-refractivity contribution in [3.63, 3.8) is 0 Å². The minimum absolute atomic E-state index is 0.00892. The molecule has 0 spiro atoms. The van der Waals surface area contributed by atoms with Gasteiger partial charge in [-0.1, -0.05) is 19.1 Å². The van der Waals surface area contributed by atoms with Crippen LogP contribution < -0.4 is 20.3 Å². The fourth-order valence-electron chi connectivity index (χ4n) is 4.62. The molecule has 4 rings (SSSR count). The first-order valence-electron chi connectivity index (χ1n) is 10.8. The molecule has 2 atom stereocenters. The number of likely N-dealkylation sites (tertiary alicyclic amines) is 1. The number of aryl methyl sites for hydroxylation is 1. The molecule has 7 heteroatoms. The third kappa shape index (κ3) is 4.52. The van der Waals surface area contributed by atoms with E-state index in [4.69, 9.17) is 4.74 Å². The summed E-state index contributed by atoms with van der Waals surface area (Å²) >= 11 is 1.56. The topological polar surface area (TPSA) is 71.9 Å². The predicted octanol–water partition coefficient (Wildman–Crippen LogP) is 2.75. The second-order valence-electron chi connectivity index (χ2n) is 8.39. The lowest BCUT2D eigenvalue weighted by atomic mass is 10.0. The molecular weight excluding hydrogens is 398 g/mol. The van der Waals surface area contributed by atoms with Crippen molar-refractivity contribution in [3.8, 4) is 5.75 Å². The Morgan fingerprint density at radius 1 is 1.20 bits per heavy atom. The molecule has 1 fully saturated rings. The number of fused-ring (bicyclic) bond motifs is 1. The molecule has 2 amide bonds. The molecule has 160 valence electrons. The SMILES string of the molecule is COc1ccccc1NC(=O)c1c(NC(=O)C[NH+]2CCC[C@H](C)C2)sc2c1CCC2. The molecule has 1 aliphatic heterocycles. The van der Waals surface area contributed by atoms with Gasteiger partial charge >= 0.3 is 0 Å². The Labute approximate surface area is 181 Å². The van der Waals surface area contributed by atoms with Crippen molar-refractivity contribution in [2.24, 2.45) is 5.92 Å². The molecule has 30 heavy (non-hydrogen) atoms. The number of quaternary nitrogens is 1. The first kappa shape index (κ1) is 20.9. The number of piperidine rings is 1. The quantitative estimate of drug-likeness (QED) is 0.663. The summed E-state index contributed by atoms with van der Waals surface area (Å²) in [5.74, 6) is 1.08. The number of amides is 2. The lowest BCUT2D eigenvalue weighted by Gasteiger charge is -2.27. The highest BCUT2D eigenvalue weighted by Gasteiger charge is 2.29. The van der Waals surface area contributed by atoms with Crippen molar-refractivity contribution < 1.29 is 19.2 Å². The fraction of sp³-hybridized carbons (Fsp3) is 0.478. The van der Waals surface area contributed by atoms with Crippen LogP contribution in [0.4, 0.5) is 10.7 Å². The number of carbonyl (C=O) groups is 2. The number of benzene rings is 1. The van der Waals surface area contributed by atoms with Gasteiger partial charge in [-0.15, -0.1) is 11.3 Å². The molecule has 6 nitrogen and oxygen atoms in total. The zero-order valence-corrected chi connectivity index (χ0v) is 18.5. The number of anilines is 2. The van der Waals surface area contributed by atoms with Gasteiger partial charge in [-0.25, -0.2) is 0 Å². The highest BCUT2D eigenvalue weighted by atomic mass is 32.1. The van der Waals surface area contributed by atoms with E-state index < -0.39 is 0 Å². The third-order valence-corrected chi connectivity index (χ3v) is 7.24. The molecule has 1 aromatic carbocycles. The Bertz CT molecular complexity index is 940. The zero-order chi connectivity index (χ0) is 21.1. The molecule has 1 saturated heterocycles. The minimum atomic E-state index is -0.187. The first-order valence-corrected chi connectivity index (χ1v) is 11.6. The number of rotatable bonds is 6. The second-order valence-corrected chi connectivity index (χ2v) is 9.50. The number of nitrogens with one attached hydrogen (secondary N) is 3. The molecule has 1 aromatic heterocycles. The maximum absolute atomic E-state index is 13.2. The van der Waals surface area contributed by atoms with Crippen molar-refractivity contribution in [2.45, 2.75) is 39.0 Å². The minimum Gasteiger partial charge on any atom is -0.495 e. The van der Waals surface area contributed by atoms with Crippen LogP contribution in [0, 0.1) is 5.92 Å². The summed E-state index contributed by atoms with van der Waals surface area (Å²) in [4.78, 5) is 28.5. The van der Waals surface area contributed by atoms with E-state index in [-0.39, 0.29) is 11.8 Å². The smallest absolute Gasteiger partial charge is 0.280 e. The molecular formula is C23H30N3O3S+. The summed E-state index contributed by atoms with van der Waals surface area (Å²) in [6.07, 6.45) is 5.32. The number of hydrogen-bond donors (Lipinski definition) is 3. The van der Waals surface area contributed by atoms with Crippen LogP contribution >= 0.6 is 11.3 Å². The highest BCUT2D eigenvalue weighted by molar-refractivity contribution is 7.17. The van der Waals surface area contributed by atoms with Crippen LogP contribution in [0.1, 0.15) is 47.0 Å². The van der Waals surface area contributed by atoms with Crippen LogP contribution in [-0.2, 0) is 17.6 Å². The maximum atomic E-state index is 13.2. The van der Waals surface area contributed by atoms with Gasteiger partial charge in [0, 0.05) is 10.8 Å². The average molecular weight is 429 g/mol. The van der Waals surface area contributed by atoms with Gasteiger partial charge in [-0.3, -0.25) is 9.59 Å². The van der Waals surface area contributed by atoms with E-state index in [9.17, 15) is 9.59 Å². The van der Waals surface area contributed by atoms with E-state index in [0.29, 0.717) is 34.5 Å². The summed E-state index contributed by atoms with van der Waals surface area (Å²) in [5, 5.41) is 6.73. The zero-order valence-electron chi connectivity index (χ0n) is 17.7. The van der Waals surface area contributed by atoms with Crippen LogP contribution in [0.3, 0.4) is 0 Å². The number of thiophene rings is 1. The van der Waals surface area contributed by atoms with E-state index in [0.717, 1.165) is 37.9 Å². The normalized spacial score (nSPS) is 20.5. The maximum Gasteiger partial charge on any atom is 0.280 e. The second kappa shape index (κ2) is 9.18. The standard InChI is InChI=1S/C23H29N3O3S/c1-15-7-6-12-26(13-15)14-20(27)25-23-21(16-8-5-11-19(16)30-23)22(28)24-17-9-3-4-10-18(17)29-2/h3-4,9-10,15H,5-8,11-14H2,1-2H3,(H,24,28)(H,25,27)/p+1/t15-/m0/s1. The molecule has 0 saturated carbocycles. The molecule has 1 aliphatic carbocycles. The largest absolute Gasteiger partial charge is 0.495 e. The van der Waals surface area contributed by atoms with Gasteiger partial charge in [0.15, 0.2) is 6.54 Å². The fourth-order valence-corrected chi connectivity index (χ4v) is 5.92. The van der Waals surface area contributed by atoms with Crippen LogP contribution in [-0.4, -0.2) is 38.6 Å². The van der Waals surface area contributed by atoms with Gasteiger partial charge in [0.1, 0.15) is 10.8 Å². The van der Waals surface area contributed by atoms with Gasteiger partial charge in [0.25, 0.3) is 11.8 Å². The predicted molar refractivity (Wildman–Crippen MR) is 120 cm³/mol. The number of methoxy groups -OCH3 is 1. The third-order valence-electron chi connectivity index (χ3n) is 6.03. The van der Waals surface area contributed by atoms with Gasteiger partial charge in [0.05, 0.1) is 31.5 Å². The summed E-state index contributed by atoms with van der Waals surface area (Å²) in [6, 6.07) is 7.37. The molecule has 1 unspecified atom stereocenters. The molecule has 0 bridgehead atoms. The lowest BCUT2D eigenvalue weighted by molar-refractivity contribution is -0.900. The lowest BCUT2D eigenvalue weighted by Crippen LogP contribution is -3.14. The van der Waals surface area contributed by atoms with Crippen molar-refractivity contribution in [1.29, 1.82) is 0 Å². The number of hydrogen-bond acceptors (Lipinski definition) is 4. The molecule has 0 radical (unpaired) electrons. The van der Waals surface area contributed by atoms with E-state index in [1.807, 2.05) is 24.3 Å². The Hall–Kier alpha value is -2.38. The molecule has 3 N–H and O–H groups in total. The van der Waals surface area contributed by atoms with E-state index in [2.05, 4.69) is 17.6 Å². The van der Waals surface area contributed by atoms with Crippen LogP contribution in [0.5, 0.6) is 5.75 Å². The van der Waals surface area contributed by atoms with Crippen molar-refractivity contribution in [1.82, 2.24) is 0 Å². The molecule has 2 aromatic rings. The van der Waals surface area contributed by atoms with Crippen molar-refractivity contribution in [2.75, 3.05) is 37.4 Å². The number of para-hydroxylation sites is 2. The summed E-state index contributed by atoms with van der Waals surface area (Å²) < 4.78 is 5.36. The van der Waals surface area contributed by atoms with Gasteiger partial charge in [-0.05, 0) is 49.8 Å². The summed E-state index contributed by atoms with van der Waals surface area (Å²) in [7, 11) is 1.59. The van der Waals surface area contributed by atoms with Crippen LogP contribution in [0.2, 0.25) is 0 Å². The number of ether oxygens (including phenoxy) is 1. The van der Waals surface area contributed by atoms with Crippen LogP contribution in [0.15, 0.2) is 24.3 Å². The van der Waals surface area contributed by atoms with E-state index in [1.54, 1.807) is 18.4 Å². The monoisotopic (exact) mass is 428 g/mol. The van der Waals surface area contributed by atoms with Gasteiger partial charge in [0.2, 0.25) is 0 Å². The van der Waals surface area contributed by atoms with Crippen molar-refractivity contribution >= 4 is 33.8 Å². The van der Waals surface area contributed by atoms with E-state index >= 15 is 0 Å². The van der Waals surface area contributed by atoms with Crippen LogP contribution in [0.25, 0.3) is 0 Å². The average Bonchev–Trinajstić information content (AvgIpc) is 3.29. The highest BCUT2D eigenvalue weighted by Crippen LogP contribution is 2.39. The summed E-state index contributed by atoms with van der Waals surface area (Å²) in [6.45, 7) is 4.79. The first-order chi connectivity index (χ1) is 14.5. The van der Waals surface area contributed by atoms with Gasteiger partial charge in [-0.2, -0.15) is 0 Å². The Kier molecular flexibility index (Phi) is 6.39. The molecule has 2 aliphatic rings. The number of carbonyl (C=O) groups excluding carboxylic acids is 2. The molecule has 2 heterocycles. The Balaban J connectivity index is 1.52. The summed E-state index contributed by atoms with van der Waals surface area (Å²) in [5.41, 5.74) is 2.34. The van der Waals surface area contributed by atoms with Gasteiger partial charge < -0.3 is 20.3 Å².